The van der Waals surface area contributed by atoms with Crippen LogP contribution in [0.3, 0.4) is 0 Å². The van der Waals surface area contributed by atoms with Crippen molar-refractivity contribution in [1.82, 2.24) is 0 Å². The van der Waals surface area contributed by atoms with Crippen molar-refractivity contribution in [2.24, 2.45) is 82.3 Å². The second kappa shape index (κ2) is 16.6. The average molecular weight is 783 g/mol. The van der Waals surface area contributed by atoms with Crippen molar-refractivity contribution in [2.45, 2.75) is 195 Å². The summed E-state index contributed by atoms with van der Waals surface area (Å²) in [6.07, 6.45) is 19.7. The second-order valence-electron chi connectivity index (χ2n) is 21.7. The fourth-order valence-electron chi connectivity index (χ4n) is 13.5. The number of hydrogen-bond acceptors (Lipinski definition) is 8. The molecule has 11 aliphatic rings. The van der Waals surface area contributed by atoms with Crippen LogP contribution in [-0.4, -0.2) is 45.8 Å². The van der Waals surface area contributed by atoms with Gasteiger partial charge in [-0.1, -0.05) is 55.4 Å². The van der Waals surface area contributed by atoms with Crippen molar-refractivity contribution in [2.75, 3.05) is 0 Å². The van der Waals surface area contributed by atoms with Gasteiger partial charge in [-0.25, -0.2) is 0 Å². The summed E-state index contributed by atoms with van der Waals surface area (Å²) in [5.41, 5.74) is -1.34. The van der Waals surface area contributed by atoms with Crippen LogP contribution in [0.4, 0.5) is 0 Å². The number of hydrogen-bond donors (Lipinski definition) is 1. The van der Waals surface area contributed by atoms with E-state index in [2.05, 4.69) is 32.4 Å². The highest BCUT2D eigenvalue weighted by atomic mass is 16.6. The second-order valence-corrected chi connectivity index (χ2v) is 21.7. The Morgan fingerprint density at radius 1 is 0.750 bits per heavy atom. The Balaban J connectivity index is 0.000000134. The molecule has 1 heterocycles. The Morgan fingerprint density at radius 2 is 1.23 bits per heavy atom. The van der Waals surface area contributed by atoms with E-state index in [9.17, 15) is 24.3 Å². The van der Waals surface area contributed by atoms with Crippen LogP contribution in [0.2, 0.25) is 0 Å². The van der Waals surface area contributed by atoms with Gasteiger partial charge in [-0.2, -0.15) is 0 Å². The van der Waals surface area contributed by atoms with Gasteiger partial charge < -0.3 is 19.3 Å². The van der Waals surface area contributed by atoms with Crippen LogP contribution in [-0.2, 0) is 33.4 Å². The molecule has 10 saturated carbocycles. The number of fused-ring (bicyclic) bond motifs is 2. The minimum atomic E-state index is -0.542. The van der Waals surface area contributed by atoms with Gasteiger partial charge in [-0.3, -0.25) is 19.2 Å². The molecule has 11 fully saturated rings. The van der Waals surface area contributed by atoms with Crippen molar-refractivity contribution in [3.63, 3.8) is 0 Å². The predicted octanol–water partition coefficient (Wildman–Crippen LogP) is 10.3. The lowest BCUT2D eigenvalue weighted by molar-refractivity contribution is -0.222. The van der Waals surface area contributed by atoms with Crippen LogP contribution in [0.5, 0.6) is 0 Å². The minimum absolute atomic E-state index is 0.0207. The first-order chi connectivity index (χ1) is 26.3. The Kier molecular flexibility index (Phi) is 12.9. The van der Waals surface area contributed by atoms with Gasteiger partial charge in [0.15, 0.2) is 0 Å². The van der Waals surface area contributed by atoms with E-state index in [1.165, 1.54) is 51.4 Å². The van der Waals surface area contributed by atoms with Gasteiger partial charge in [0, 0.05) is 6.42 Å². The molecule has 318 valence electrons. The molecule has 0 aromatic heterocycles. The zero-order valence-electron chi connectivity index (χ0n) is 36.8. The molecule has 9 atom stereocenters. The van der Waals surface area contributed by atoms with E-state index >= 15 is 0 Å². The summed E-state index contributed by atoms with van der Waals surface area (Å²) in [7, 11) is 0. The summed E-state index contributed by atoms with van der Waals surface area (Å²) in [4.78, 5) is 45.8. The molecule has 0 aromatic rings. The van der Waals surface area contributed by atoms with Crippen LogP contribution in [0, 0.1) is 82.3 Å². The smallest absolute Gasteiger partial charge is 0.317 e. The summed E-state index contributed by atoms with van der Waals surface area (Å²) in [6, 6.07) is 0. The molecule has 0 radical (unpaired) electrons. The zero-order valence-corrected chi connectivity index (χ0v) is 36.8. The molecule has 1 aliphatic heterocycles. The van der Waals surface area contributed by atoms with Gasteiger partial charge in [0.2, 0.25) is 0 Å². The average Bonchev–Trinajstić information content (AvgIpc) is 3.79. The van der Waals surface area contributed by atoms with Gasteiger partial charge in [-0.05, 0) is 176 Å². The lowest BCUT2D eigenvalue weighted by Gasteiger charge is -2.60. The molecule has 9 unspecified atom stereocenters. The Bertz CT molecular complexity index is 1370. The number of rotatable bonds is 7. The van der Waals surface area contributed by atoms with Crippen molar-refractivity contribution < 1.29 is 38.5 Å². The van der Waals surface area contributed by atoms with E-state index in [-0.39, 0.29) is 46.3 Å². The normalized spacial score (nSPS) is 45.1. The number of carbonyl (C=O) groups excluding carboxylic acids is 4. The first-order valence-corrected chi connectivity index (χ1v) is 23.2. The van der Waals surface area contributed by atoms with Crippen LogP contribution in [0.25, 0.3) is 0 Å². The SMILES string of the molecule is CC1C(=O)OC(=O)C1C.CC1C2CCC(C2)C1C.CCC(C)(C)C(=O)OC1(CC)C2CC3CC(C2)CC1C3.CCC(C)C(=O)OC12CC3CC(CC(O)(C3)C1)C2. The van der Waals surface area contributed by atoms with Crippen molar-refractivity contribution in [1.29, 1.82) is 0 Å². The minimum Gasteiger partial charge on any atom is -0.459 e. The topological polar surface area (TPSA) is 116 Å². The predicted molar refractivity (Wildman–Crippen MR) is 217 cm³/mol. The fraction of sp³-hybridized carbons (Fsp3) is 0.917. The largest absolute Gasteiger partial charge is 0.459 e. The maximum atomic E-state index is 12.6. The van der Waals surface area contributed by atoms with Crippen LogP contribution < -0.4 is 0 Å². The number of aliphatic hydroxyl groups is 1. The summed E-state index contributed by atoms with van der Waals surface area (Å²) < 4.78 is 16.5. The molecule has 10 bridgehead atoms. The van der Waals surface area contributed by atoms with E-state index < -0.39 is 17.5 Å². The van der Waals surface area contributed by atoms with Gasteiger partial charge in [0.05, 0.1) is 28.8 Å². The molecule has 56 heavy (non-hydrogen) atoms. The molecular formula is C48H78O8. The lowest BCUT2D eigenvalue weighted by atomic mass is 9.49. The Morgan fingerprint density at radius 3 is 1.59 bits per heavy atom. The van der Waals surface area contributed by atoms with E-state index in [4.69, 9.17) is 9.47 Å². The quantitative estimate of drug-likeness (QED) is 0.154. The zero-order chi connectivity index (χ0) is 41.0. The van der Waals surface area contributed by atoms with Gasteiger partial charge in [0.25, 0.3) is 0 Å². The van der Waals surface area contributed by atoms with Crippen LogP contribution in [0.15, 0.2) is 0 Å². The van der Waals surface area contributed by atoms with Gasteiger partial charge in [-0.15, -0.1) is 0 Å². The fourth-order valence-corrected chi connectivity index (χ4v) is 13.5. The van der Waals surface area contributed by atoms with Gasteiger partial charge >= 0.3 is 23.9 Å². The molecule has 8 heteroatoms. The van der Waals surface area contributed by atoms with Crippen molar-refractivity contribution >= 4 is 23.9 Å². The Hall–Kier alpha value is -1.96. The molecule has 1 saturated heterocycles. The maximum Gasteiger partial charge on any atom is 0.317 e. The molecule has 0 amide bonds. The highest BCUT2D eigenvalue weighted by Gasteiger charge is 2.60. The summed E-state index contributed by atoms with van der Waals surface area (Å²) >= 11 is 0. The third-order valence-electron chi connectivity index (χ3n) is 17.6. The highest BCUT2D eigenvalue weighted by Crippen LogP contribution is 2.61. The number of esters is 4. The molecular weight excluding hydrogens is 705 g/mol. The highest BCUT2D eigenvalue weighted by molar-refractivity contribution is 5.95. The first kappa shape index (κ1) is 43.6. The molecule has 8 nitrogen and oxygen atoms in total. The standard InChI is InChI=1S/C18H30O2.C15H24O3.C9H16.C6H8O3/c1-5-17(3,4)16(19)20-18(6-2)14-8-12-7-13(10-14)11-15(18)9-12;1-3-10(2)13(16)18-15-7-11-4-12(8-15)6-14(17,5-11)9-15;1-6-7(2)9-4-3-8(6)5-9;1-3-4(2)6(8)9-5(3)7/h12-15H,5-11H2,1-4H3;10-12,17H,3-9H2,1-2H3;6-9H,3-5H2,1-2H3;3-4H,1-2H3. The molecule has 0 aromatic carbocycles. The van der Waals surface area contributed by atoms with E-state index in [0.29, 0.717) is 30.1 Å². The van der Waals surface area contributed by atoms with E-state index in [0.717, 1.165) is 80.5 Å². The van der Waals surface area contributed by atoms with Crippen LogP contribution in [0.1, 0.15) is 178 Å². The van der Waals surface area contributed by atoms with E-state index in [1.807, 2.05) is 27.7 Å². The Labute approximate surface area is 339 Å². The molecule has 1 N–H and O–H groups in total. The van der Waals surface area contributed by atoms with E-state index in [1.54, 1.807) is 20.3 Å². The van der Waals surface area contributed by atoms with Crippen LogP contribution >= 0.6 is 0 Å². The number of carbonyl (C=O) groups is 4. The monoisotopic (exact) mass is 783 g/mol. The summed E-state index contributed by atoms with van der Waals surface area (Å²) in [5.74, 6) is 7.25. The molecule has 10 aliphatic carbocycles. The third-order valence-corrected chi connectivity index (χ3v) is 17.6. The van der Waals surface area contributed by atoms with Crippen molar-refractivity contribution in [3.05, 3.63) is 0 Å². The summed E-state index contributed by atoms with van der Waals surface area (Å²) in [5, 5.41) is 10.6. The molecule has 0 spiro atoms. The first-order valence-electron chi connectivity index (χ1n) is 23.2. The maximum absolute atomic E-state index is 12.6. The van der Waals surface area contributed by atoms with Crippen molar-refractivity contribution in [3.8, 4) is 0 Å². The third kappa shape index (κ3) is 8.67. The molecule has 11 rings (SSSR count). The summed E-state index contributed by atoms with van der Waals surface area (Å²) in [6.45, 7) is 20.6. The van der Waals surface area contributed by atoms with Gasteiger partial charge in [0.1, 0.15) is 11.2 Å². The number of ether oxygens (including phenoxy) is 3. The number of cyclic esters (lactones) is 2. The lowest BCUT2D eigenvalue weighted by Crippen LogP contribution is -2.60.